The summed E-state index contributed by atoms with van der Waals surface area (Å²) in [6.45, 7) is 6.34. The van der Waals surface area contributed by atoms with E-state index in [1.165, 1.54) is 6.20 Å². The Kier molecular flexibility index (Phi) is 4.52. The van der Waals surface area contributed by atoms with Crippen LogP contribution < -0.4 is 9.46 Å². The van der Waals surface area contributed by atoms with Gasteiger partial charge in [-0.05, 0) is 25.0 Å². The summed E-state index contributed by atoms with van der Waals surface area (Å²) < 4.78 is 32.6. The smallest absolute Gasteiger partial charge is 0.265 e. The van der Waals surface area contributed by atoms with Crippen molar-refractivity contribution in [1.82, 2.24) is 10.2 Å². The number of aromatic nitrogens is 2. The van der Waals surface area contributed by atoms with E-state index in [1.54, 1.807) is 31.2 Å². The quantitative estimate of drug-likeness (QED) is 0.859. The van der Waals surface area contributed by atoms with Gasteiger partial charge in [0.2, 0.25) is 0 Å². The summed E-state index contributed by atoms with van der Waals surface area (Å²) in [5.74, 6) is 1.03. The van der Waals surface area contributed by atoms with Crippen molar-refractivity contribution in [1.29, 1.82) is 0 Å². The number of ether oxygens (including phenoxy) is 1. The fraction of sp³-hybridized carbons (Fsp3) is 0.357. The van der Waals surface area contributed by atoms with Crippen LogP contribution >= 0.6 is 0 Å². The van der Waals surface area contributed by atoms with Crippen LogP contribution in [0.4, 0.5) is 5.69 Å². The molecule has 114 valence electrons. The van der Waals surface area contributed by atoms with Crippen molar-refractivity contribution < 1.29 is 13.2 Å². The monoisotopic (exact) mass is 309 g/mol. The summed E-state index contributed by atoms with van der Waals surface area (Å²) in [4.78, 5) is 0.135. The van der Waals surface area contributed by atoms with Crippen LogP contribution in [0, 0.1) is 12.8 Å². The maximum absolute atomic E-state index is 12.2. The summed E-state index contributed by atoms with van der Waals surface area (Å²) >= 11 is 0. The van der Waals surface area contributed by atoms with E-state index in [2.05, 4.69) is 14.9 Å². The second-order valence-corrected chi connectivity index (χ2v) is 6.85. The molecule has 0 atom stereocenters. The van der Waals surface area contributed by atoms with E-state index in [9.17, 15) is 8.42 Å². The van der Waals surface area contributed by atoms with Gasteiger partial charge in [0, 0.05) is 6.07 Å². The Morgan fingerprint density at radius 1 is 1.38 bits per heavy atom. The number of nitrogens with zero attached hydrogens (tertiary/aromatic N) is 1. The molecular formula is C14H19N3O3S. The lowest BCUT2D eigenvalue weighted by Gasteiger charge is -2.11. The van der Waals surface area contributed by atoms with Crippen LogP contribution in [-0.4, -0.2) is 25.2 Å². The molecule has 1 heterocycles. The van der Waals surface area contributed by atoms with Crippen LogP contribution in [0.1, 0.15) is 19.5 Å². The fourth-order valence-electron chi connectivity index (χ4n) is 1.73. The van der Waals surface area contributed by atoms with Gasteiger partial charge < -0.3 is 4.74 Å². The van der Waals surface area contributed by atoms with Gasteiger partial charge in [0.25, 0.3) is 10.0 Å². The van der Waals surface area contributed by atoms with E-state index < -0.39 is 10.0 Å². The van der Waals surface area contributed by atoms with E-state index in [-0.39, 0.29) is 4.90 Å². The van der Waals surface area contributed by atoms with Gasteiger partial charge in [-0.15, -0.1) is 0 Å². The largest absolute Gasteiger partial charge is 0.493 e. The number of H-pyrrole nitrogens is 1. The highest BCUT2D eigenvalue weighted by Gasteiger charge is 2.18. The van der Waals surface area contributed by atoms with Crippen LogP contribution in [0.15, 0.2) is 35.4 Å². The zero-order valence-corrected chi connectivity index (χ0v) is 13.1. The molecule has 2 rings (SSSR count). The predicted molar refractivity (Wildman–Crippen MR) is 80.9 cm³/mol. The number of aromatic amines is 1. The number of anilines is 1. The molecule has 0 amide bonds. The Hall–Kier alpha value is -2.02. The molecule has 0 radical (unpaired) electrons. The summed E-state index contributed by atoms with van der Waals surface area (Å²) in [5.41, 5.74) is 0.951. The number of benzene rings is 1. The van der Waals surface area contributed by atoms with E-state index in [0.717, 1.165) is 0 Å². The first-order valence-electron chi connectivity index (χ1n) is 6.64. The molecule has 0 fully saturated rings. The van der Waals surface area contributed by atoms with Crippen LogP contribution in [0.5, 0.6) is 5.75 Å². The van der Waals surface area contributed by atoms with Gasteiger partial charge in [-0.25, -0.2) is 8.42 Å². The Bertz CT molecular complexity index is 708. The first-order valence-corrected chi connectivity index (χ1v) is 8.12. The van der Waals surface area contributed by atoms with Crippen molar-refractivity contribution in [3.05, 3.63) is 36.2 Å². The van der Waals surface area contributed by atoms with Crippen LogP contribution in [0.25, 0.3) is 0 Å². The molecular weight excluding hydrogens is 290 g/mol. The minimum atomic E-state index is -3.65. The molecule has 0 saturated heterocycles. The van der Waals surface area contributed by atoms with Crippen molar-refractivity contribution in [2.45, 2.75) is 25.7 Å². The number of hydrogen-bond donors (Lipinski definition) is 2. The Balaban J connectivity index is 2.16. The Labute approximate surface area is 124 Å². The van der Waals surface area contributed by atoms with Crippen molar-refractivity contribution in [3.63, 3.8) is 0 Å². The Morgan fingerprint density at radius 2 is 2.14 bits per heavy atom. The maximum Gasteiger partial charge on any atom is 0.265 e. The lowest BCUT2D eigenvalue weighted by molar-refractivity contribution is 0.271. The highest BCUT2D eigenvalue weighted by Crippen LogP contribution is 2.22. The van der Waals surface area contributed by atoms with Crippen molar-refractivity contribution >= 4 is 15.7 Å². The fourth-order valence-corrected chi connectivity index (χ4v) is 2.92. The first-order chi connectivity index (χ1) is 9.88. The van der Waals surface area contributed by atoms with E-state index >= 15 is 0 Å². The van der Waals surface area contributed by atoms with E-state index in [4.69, 9.17) is 4.74 Å². The molecule has 0 saturated carbocycles. The topological polar surface area (TPSA) is 84.1 Å². The summed E-state index contributed by atoms with van der Waals surface area (Å²) in [5, 5.41) is 6.34. The minimum Gasteiger partial charge on any atom is -0.493 e. The molecule has 0 aliphatic rings. The molecule has 7 heteroatoms. The van der Waals surface area contributed by atoms with Crippen LogP contribution in [0.2, 0.25) is 0 Å². The zero-order valence-electron chi connectivity index (χ0n) is 12.3. The lowest BCUT2D eigenvalue weighted by atomic mass is 10.2. The third-order valence-corrected chi connectivity index (χ3v) is 4.24. The van der Waals surface area contributed by atoms with Gasteiger partial charge >= 0.3 is 0 Å². The molecule has 0 aliphatic heterocycles. The molecule has 0 bridgehead atoms. The van der Waals surface area contributed by atoms with Crippen LogP contribution in [-0.2, 0) is 10.0 Å². The number of rotatable bonds is 6. The molecule has 1 aromatic heterocycles. The molecule has 21 heavy (non-hydrogen) atoms. The van der Waals surface area contributed by atoms with Gasteiger partial charge in [0.15, 0.2) is 0 Å². The minimum absolute atomic E-state index is 0.135. The standard InChI is InChI=1S/C14H19N3O3S/c1-10(2)9-20-13-6-4-5-12(7-13)17-21(18,19)14-8-15-16-11(14)3/h4-8,10,17H,9H2,1-3H3,(H,15,16). The SMILES string of the molecule is Cc1[nH]ncc1S(=O)(=O)Nc1cccc(OCC(C)C)c1. The van der Waals surface area contributed by atoms with Gasteiger partial charge in [-0.2, -0.15) is 5.10 Å². The van der Waals surface area contributed by atoms with E-state index in [1.807, 2.05) is 13.8 Å². The highest BCUT2D eigenvalue weighted by molar-refractivity contribution is 7.92. The number of nitrogens with one attached hydrogen (secondary N) is 2. The van der Waals surface area contributed by atoms with Gasteiger partial charge in [0.1, 0.15) is 10.6 Å². The number of sulfonamides is 1. The molecule has 2 aromatic rings. The van der Waals surface area contributed by atoms with Crippen LogP contribution in [0.3, 0.4) is 0 Å². The normalized spacial score (nSPS) is 11.6. The molecule has 6 nitrogen and oxygen atoms in total. The first kappa shape index (κ1) is 15.4. The molecule has 1 aromatic carbocycles. The second kappa shape index (κ2) is 6.17. The third kappa shape index (κ3) is 3.98. The molecule has 0 aliphatic carbocycles. The van der Waals surface area contributed by atoms with Crippen molar-refractivity contribution in [2.24, 2.45) is 5.92 Å². The lowest BCUT2D eigenvalue weighted by Crippen LogP contribution is -2.13. The van der Waals surface area contributed by atoms with E-state index in [0.29, 0.717) is 29.7 Å². The maximum atomic E-state index is 12.2. The van der Waals surface area contributed by atoms with Gasteiger partial charge in [0.05, 0.1) is 24.2 Å². The number of aryl methyl sites for hydroxylation is 1. The second-order valence-electron chi connectivity index (χ2n) is 5.20. The average molecular weight is 309 g/mol. The zero-order chi connectivity index (χ0) is 15.5. The summed E-state index contributed by atoms with van der Waals surface area (Å²) in [6.07, 6.45) is 1.29. The predicted octanol–water partition coefficient (Wildman–Crippen LogP) is 2.55. The van der Waals surface area contributed by atoms with Crippen molar-refractivity contribution in [3.8, 4) is 5.75 Å². The number of hydrogen-bond acceptors (Lipinski definition) is 4. The van der Waals surface area contributed by atoms with Gasteiger partial charge in [-0.1, -0.05) is 19.9 Å². The summed E-state index contributed by atoms with van der Waals surface area (Å²) in [7, 11) is -3.65. The van der Waals surface area contributed by atoms with Gasteiger partial charge in [-0.3, -0.25) is 9.82 Å². The Morgan fingerprint density at radius 3 is 2.76 bits per heavy atom. The summed E-state index contributed by atoms with van der Waals surface area (Å²) in [6, 6.07) is 6.88. The molecule has 0 unspecified atom stereocenters. The average Bonchev–Trinajstić information content (AvgIpc) is 2.83. The highest BCUT2D eigenvalue weighted by atomic mass is 32.2. The third-order valence-electron chi connectivity index (χ3n) is 2.74. The van der Waals surface area contributed by atoms with Crippen molar-refractivity contribution in [2.75, 3.05) is 11.3 Å². The molecule has 2 N–H and O–H groups in total. The molecule has 0 spiro atoms.